The highest BCUT2D eigenvalue weighted by atomic mass is 127. The molecule has 0 saturated carbocycles. The van der Waals surface area contributed by atoms with Crippen molar-refractivity contribution in [1.29, 1.82) is 0 Å². The van der Waals surface area contributed by atoms with E-state index in [1.165, 1.54) is 31.5 Å². The molecule has 1 saturated heterocycles. The number of hydrogen-bond donors (Lipinski definition) is 1. The van der Waals surface area contributed by atoms with E-state index in [4.69, 9.17) is 0 Å². The van der Waals surface area contributed by atoms with Gasteiger partial charge in [-0.1, -0.05) is 6.42 Å². The number of aryl methyl sites for hydroxylation is 1. The number of guanidine groups is 1. The first kappa shape index (κ1) is 20.3. The van der Waals surface area contributed by atoms with Crippen LogP contribution >= 0.6 is 24.0 Å². The largest absolute Gasteiger partial charge is 0.355 e. The number of nitrogens with zero attached hydrogens (tertiary/aromatic N) is 4. The van der Waals surface area contributed by atoms with Crippen LogP contribution in [-0.2, 0) is 13.6 Å². The summed E-state index contributed by atoms with van der Waals surface area (Å²) in [5.41, 5.74) is 1.29. The molecule has 1 aliphatic rings. The van der Waals surface area contributed by atoms with Crippen molar-refractivity contribution < 1.29 is 0 Å². The van der Waals surface area contributed by atoms with Crippen LogP contribution in [0.15, 0.2) is 23.3 Å². The Morgan fingerprint density at radius 2 is 2.22 bits per heavy atom. The number of halogens is 1. The summed E-state index contributed by atoms with van der Waals surface area (Å²) in [5, 5.41) is 3.49. The zero-order valence-corrected chi connectivity index (χ0v) is 17.3. The molecule has 1 N–H and O–H groups in total. The van der Waals surface area contributed by atoms with Crippen molar-refractivity contribution in [1.82, 2.24) is 19.7 Å². The molecule has 0 aliphatic carbocycles. The average molecular weight is 433 g/mol. The van der Waals surface area contributed by atoms with Gasteiger partial charge >= 0.3 is 0 Å². The van der Waals surface area contributed by atoms with Crippen molar-refractivity contribution in [2.45, 2.75) is 38.8 Å². The van der Waals surface area contributed by atoms with E-state index in [2.05, 4.69) is 64.0 Å². The van der Waals surface area contributed by atoms with Crippen LogP contribution < -0.4 is 5.32 Å². The maximum Gasteiger partial charge on any atom is 0.193 e. The molecule has 1 atom stereocenters. The first-order chi connectivity index (χ1) is 10.6. The lowest BCUT2D eigenvalue weighted by Crippen LogP contribution is -2.45. The predicted molar refractivity (Wildman–Crippen MR) is 109 cm³/mol. The Balaban J connectivity index is 0.00000264. The van der Waals surface area contributed by atoms with Gasteiger partial charge in [0.15, 0.2) is 5.96 Å². The molecule has 0 aromatic carbocycles. The van der Waals surface area contributed by atoms with Gasteiger partial charge in [0.25, 0.3) is 0 Å². The monoisotopic (exact) mass is 433 g/mol. The second-order valence-corrected chi connectivity index (χ2v) is 6.32. The molecule has 0 spiro atoms. The number of likely N-dealkylation sites (tertiary alicyclic amines) is 1. The van der Waals surface area contributed by atoms with Crippen LogP contribution in [0, 0.1) is 0 Å². The van der Waals surface area contributed by atoms with Crippen LogP contribution in [0.25, 0.3) is 0 Å². The third kappa shape index (κ3) is 5.99. The molecule has 5 nitrogen and oxygen atoms in total. The molecule has 2 rings (SSSR count). The van der Waals surface area contributed by atoms with Gasteiger partial charge < -0.3 is 14.8 Å². The summed E-state index contributed by atoms with van der Waals surface area (Å²) < 4.78 is 2.15. The third-order valence-corrected chi connectivity index (χ3v) is 4.65. The molecule has 2 heterocycles. The van der Waals surface area contributed by atoms with Crippen LogP contribution in [0.3, 0.4) is 0 Å². The number of hydrogen-bond acceptors (Lipinski definition) is 2. The maximum absolute atomic E-state index is 4.40. The molecule has 1 unspecified atom stereocenters. The van der Waals surface area contributed by atoms with Crippen LogP contribution in [0.4, 0.5) is 0 Å². The lowest BCUT2D eigenvalue weighted by molar-refractivity contribution is 0.163. The average Bonchev–Trinajstić information content (AvgIpc) is 2.90. The summed E-state index contributed by atoms with van der Waals surface area (Å²) in [7, 11) is 6.02. The Morgan fingerprint density at radius 3 is 2.83 bits per heavy atom. The van der Waals surface area contributed by atoms with Gasteiger partial charge in [-0.25, -0.2) is 0 Å². The summed E-state index contributed by atoms with van der Waals surface area (Å²) in [5.74, 6) is 0.964. The Hall–Kier alpha value is -0.760. The van der Waals surface area contributed by atoms with Crippen LogP contribution in [0.1, 0.15) is 31.9 Å². The number of aliphatic imine (C=N–C) groups is 1. The van der Waals surface area contributed by atoms with Crippen molar-refractivity contribution in [3.05, 3.63) is 24.0 Å². The van der Waals surface area contributed by atoms with E-state index in [0.29, 0.717) is 0 Å². The lowest BCUT2D eigenvalue weighted by atomic mass is 10.0. The second-order valence-electron chi connectivity index (χ2n) is 6.32. The van der Waals surface area contributed by atoms with Gasteiger partial charge in [0.1, 0.15) is 0 Å². The van der Waals surface area contributed by atoms with Crippen molar-refractivity contribution in [2.24, 2.45) is 12.0 Å². The zero-order valence-electron chi connectivity index (χ0n) is 15.0. The summed E-state index contributed by atoms with van der Waals surface area (Å²) >= 11 is 0. The van der Waals surface area contributed by atoms with Gasteiger partial charge in [-0.2, -0.15) is 0 Å². The van der Waals surface area contributed by atoms with Gasteiger partial charge in [0.2, 0.25) is 0 Å². The summed E-state index contributed by atoms with van der Waals surface area (Å²) in [6.07, 6.45) is 6.14. The number of aromatic nitrogens is 1. The number of rotatable bonds is 5. The Labute approximate surface area is 158 Å². The molecular weight excluding hydrogens is 401 g/mol. The van der Waals surface area contributed by atoms with Crippen LogP contribution in [0.2, 0.25) is 0 Å². The van der Waals surface area contributed by atoms with Gasteiger partial charge in [-0.15, -0.1) is 24.0 Å². The van der Waals surface area contributed by atoms with Crippen molar-refractivity contribution in [3.8, 4) is 0 Å². The highest BCUT2D eigenvalue weighted by Gasteiger charge is 2.17. The third-order valence-electron chi connectivity index (χ3n) is 4.65. The summed E-state index contributed by atoms with van der Waals surface area (Å²) in [6, 6.07) is 4.95. The van der Waals surface area contributed by atoms with Crippen molar-refractivity contribution >= 4 is 29.9 Å². The topological polar surface area (TPSA) is 35.8 Å². The van der Waals surface area contributed by atoms with Gasteiger partial charge in [-0.05, 0) is 38.4 Å². The summed E-state index contributed by atoms with van der Waals surface area (Å²) in [4.78, 5) is 9.16. The van der Waals surface area contributed by atoms with E-state index in [0.717, 1.165) is 31.6 Å². The van der Waals surface area contributed by atoms with Gasteiger partial charge in [-0.3, -0.25) is 9.89 Å². The Kier molecular flexibility index (Phi) is 8.98. The second kappa shape index (κ2) is 10.2. The maximum atomic E-state index is 4.40. The molecule has 1 fully saturated rings. The van der Waals surface area contributed by atoms with E-state index in [9.17, 15) is 0 Å². The molecule has 0 radical (unpaired) electrons. The molecule has 1 aliphatic heterocycles. The molecule has 1 aromatic heterocycles. The zero-order chi connectivity index (χ0) is 15.9. The standard InChI is InChI=1S/C17H31N5.HI/c1-15-8-5-6-12-22(15)13-10-19-17(18-2)21(4)14-16-9-7-11-20(16)3;/h7,9,11,15H,5-6,8,10,12-14H2,1-4H3,(H,18,19);1H. The van der Waals surface area contributed by atoms with E-state index in [-0.39, 0.29) is 24.0 Å². The van der Waals surface area contributed by atoms with Gasteiger partial charge in [0, 0.05) is 52.2 Å². The lowest BCUT2D eigenvalue weighted by Gasteiger charge is -2.33. The highest BCUT2D eigenvalue weighted by Crippen LogP contribution is 2.15. The molecule has 1 aromatic rings. The Bertz CT molecular complexity index is 485. The molecule has 6 heteroatoms. The fourth-order valence-electron chi connectivity index (χ4n) is 3.16. The summed E-state index contributed by atoms with van der Waals surface area (Å²) in [6.45, 7) is 6.49. The fraction of sp³-hybridized carbons (Fsp3) is 0.706. The minimum absolute atomic E-state index is 0. The molecule has 0 bridgehead atoms. The molecular formula is C17H32IN5. The first-order valence-corrected chi connectivity index (χ1v) is 8.38. The van der Waals surface area contributed by atoms with Crippen molar-refractivity contribution in [3.63, 3.8) is 0 Å². The predicted octanol–water partition coefficient (Wildman–Crippen LogP) is 2.52. The molecule has 132 valence electrons. The minimum Gasteiger partial charge on any atom is -0.355 e. The normalized spacial score (nSPS) is 19.3. The Morgan fingerprint density at radius 1 is 1.43 bits per heavy atom. The first-order valence-electron chi connectivity index (χ1n) is 8.38. The smallest absolute Gasteiger partial charge is 0.193 e. The highest BCUT2D eigenvalue weighted by molar-refractivity contribution is 14.0. The van der Waals surface area contributed by atoms with E-state index >= 15 is 0 Å². The van der Waals surface area contributed by atoms with E-state index in [1.54, 1.807) is 0 Å². The molecule has 23 heavy (non-hydrogen) atoms. The SMILES string of the molecule is CN=C(NCCN1CCCCC1C)N(C)Cc1cccn1C.I. The van der Waals surface area contributed by atoms with Crippen LogP contribution in [-0.4, -0.2) is 60.1 Å². The van der Waals surface area contributed by atoms with Crippen LogP contribution in [0.5, 0.6) is 0 Å². The fourth-order valence-corrected chi connectivity index (χ4v) is 3.16. The number of nitrogens with one attached hydrogen (secondary N) is 1. The van der Waals surface area contributed by atoms with E-state index < -0.39 is 0 Å². The molecule has 0 amide bonds. The minimum atomic E-state index is 0. The van der Waals surface area contributed by atoms with Gasteiger partial charge in [0.05, 0.1) is 6.54 Å². The van der Waals surface area contributed by atoms with E-state index in [1.807, 2.05) is 7.05 Å². The quantitative estimate of drug-likeness (QED) is 0.441. The van der Waals surface area contributed by atoms with Crippen molar-refractivity contribution in [2.75, 3.05) is 33.7 Å². The number of piperidine rings is 1.